The number of hydrogen-bond donors (Lipinski definition) is 0. The largest absolute Gasteiger partial charge is 0.390 e. The van der Waals surface area contributed by atoms with E-state index in [1.165, 1.54) is 0 Å². The van der Waals surface area contributed by atoms with Crippen molar-refractivity contribution in [2.45, 2.75) is 59.3 Å². The Morgan fingerprint density at radius 3 is 0.871 bits per heavy atom. The topological polar surface area (TPSA) is 130 Å². The van der Waals surface area contributed by atoms with E-state index in [-0.39, 0.29) is 36.6 Å². The van der Waals surface area contributed by atoms with Crippen molar-refractivity contribution >= 4 is 53.2 Å². The molecule has 9 nitrogen and oxygen atoms in total. The van der Waals surface area contributed by atoms with E-state index in [1.807, 2.05) is 20.8 Å². The van der Waals surface area contributed by atoms with Crippen molar-refractivity contribution in [2.75, 3.05) is 0 Å². The van der Waals surface area contributed by atoms with Crippen LogP contribution in [0.5, 0.6) is 0 Å². The van der Waals surface area contributed by atoms with Crippen LogP contribution in [0.2, 0.25) is 0 Å². The van der Waals surface area contributed by atoms with Crippen LogP contribution in [0.1, 0.15) is 59.3 Å². The number of carbonyl (C=O) groups is 6. The predicted molar refractivity (Wildman–Crippen MR) is 119 cm³/mol. The molecule has 0 unspecified atom stereocenters. The van der Waals surface area contributed by atoms with E-state index in [2.05, 4.69) is 33.9 Å². The van der Waals surface area contributed by atoms with Gasteiger partial charge in [-0.05, 0) is 19.3 Å². The number of hydrogen-bond acceptors (Lipinski definition) is 9. The monoisotopic (exact) mass is 456 g/mol. The lowest BCUT2D eigenvalue weighted by Crippen LogP contribution is -2.08. The molecule has 0 aromatic rings. The van der Waals surface area contributed by atoms with Crippen LogP contribution in [0.15, 0.2) is 38.0 Å². The van der Waals surface area contributed by atoms with Crippen LogP contribution in [0, 0.1) is 0 Å². The summed E-state index contributed by atoms with van der Waals surface area (Å²) in [5.74, 6) is -3.53. The van der Waals surface area contributed by atoms with Crippen LogP contribution in [-0.4, -0.2) is 53.2 Å². The second kappa shape index (κ2) is 25.2. The summed E-state index contributed by atoms with van der Waals surface area (Å²) in [6, 6.07) is 0. The van der Waals surface area contributed by atoms with Crippen molar-refractivity contribution < 1.29 is 43.0 Å². The Morgan fingerprint density at radius 1 is 0.548 bits per heavy atom. The minimum Gasteiger partial charge on any atom is -0.390 e. The van der Waals surface area contributed by atoms with Crippen molar-refractivity contribution in [1.82, 2.24) is 0 Å². The minimum atomic E-state index is -0.682. The predicted octanol–water partition coefficient (Wildman–Crippen LogP) is 1.94. The van der Waals surface area contributed by atoms with Gasteiger partial charge in [-0.2, -0.15) is 0 Å². The summed E-state index contributed by atoms with van der Waals surface area (Å²) in [6.45, 7) is 14.9. The maximum atomic E-state index is 10.5. The van der Waals surface area contributed by atoms with Gasteiger partial charge in [-0.1, -0.05) is 40.5 Å². The van der Waals surface area contributed by atoms with Crippen molar-refractivity contribution in [2.24, 2.45) is 0 Å². The number of esters is 6. The molecule has 0 aliphatic rings. The second-order valence-electron chi connectivity index (χ2n) is 5.24. The van der Waals surface area contributed by atoms with Gasteiger partial charge in [0.15, 0.2) is 17.4 Å². The highest BCUT2D eigenvalue weighted by atomic mass is 27.0. The first kappa shape index (κ1) is 35.6. The molecule has 0 saturated heterocycles. The summed E-state index contributed by atoms with van der Waals surface area (Å²) >= 11 is 0. The van der Waals surface area contributed by atoms with E-state index < -0.39 is 35.8 Å². The SMILES string of the molecule is C=CC(=O)OC(=O)CCC.C=CC(=O)OC(=O)CCC.C=CC(=O)OC(=O)CCC.[AlH3]. The lowest BCUT2D eigenvalue weighted by Gasteiger charge is -1.95. The zero-order chi connectivity index (χ0) is 23.9. The molecule has 10 heteroatoms. The van der Waals surface area contributed by atoms with Gasteiger partial charge >= 0.3 is 35.8 Å². The molecule has 0 aliphatic carbocycles. The van der Waals surface area contributed by atoms with Gasteiger partial charge < -0.3 is 14.2 Å². The van der Waals surface area contributed by atoms with Gasteiger partial charge in [0.2, 0.25) is 0 Å². The number of ether oxygens (including phenoxy) is 3. The first-order valence-corrected chi connectivity index (χ1v) is 9.22. The quantitative estimate of drug-likeness (QED) is 0.168. The van der Waals surface area contributed by atoms with Gasteiger partial charge in [0.25, 0.3) is 0 Å². The van der Waals surface area contributed by atoms with E-state index in [9.17, 15) is 28.8 Å². The Morgan fingerprint density at radius 2 is 0.742 bits per heavy atom. The lowest BCUT2D eigenvalue weighted by atomic mass is 10.3. The fourth-order valence-corrected chi connectivity index (χ4v) is 1.23. The van der Waals surface area contributed by atoms with Gasteiger partial charge in [-0.3, -0.25) is 14.4 Å². The zero-order valence-electron chi connectivity index (χ0n) is 17.8. The van der Waals surface area contributed by atoms with Crippen molar-refractivity contribution in [1.29, 1.82) is 0 Å². The molecular formula is C21H33AlO9. The summed E-state index contributed by atoms with van der Waals surface area (Å²) in [4.78, 5) is 62.6. The highest BCUT2D eigenvalue weighted by Gasteiger charge is 2.05. The van der Waals surface area contributed by atoms with E-state index in [0.717, 1.165) is 18.2 Å². The van der Waals surface area contributed by atoms with E-state index in [4.69, 9.17) is 0 Å². The van der Waals surface area contributed by atoms with Gasteiger partial charge in [0.1, 0.15) is 0 Å². The molecule has 0 aromatic heterocycles. The summed E-state index contributed by atoms with van der Waals surface area (Å²) in [7, 11) is 0. The molecule has 174 valence electrons. The van der Waals surface area contributed by atoms with Gasteiger partial charge in [0.05, 0.1) is 0 Å². The van der Waals surface area contributed by atoms with Crippen LogP contribution in [0.3, 0.4) is 0 Å². The molecule has 0 bridgehead atoms. The van der Waals surface area contributed by atoms with Gasteiger partial charge in [-0.15, -0.1) is 0 Å². The zero-order valence-corrected chi connectivity index (χ0v) is 17.8. The normalized spacial score (nSPS) is 8.23. The molecule has 0 spiro atoms. The molecule has 0 atom stereocenters. The Bertz CT molecular complexity index is 539. The third-order valence-electron chi connectivity index (χ3n) is 2.51. The standard InChI is InChI=1S/3C7H10O3.Al.3H/c3*1-3-5-7(9)10-6(8)4-2;;;;/h3*4H,2-3,5H2,1H3;;;;. The Balaban J connectivity index is -0.000000174. The maximum Gasteiger partial charge on any atom is 0.337 e. The summed E-state index contributed by atoms with van der Waals surface area (Å²) in [6.07, 6.45) is 5.78. The van der Waals surface area contributed by atoms with Gasteiger partial charge in [-0.25, -0.2) is 14.4 Å². The number of carbonyl (C=O) groups excluding carboxylic acids is 6. The first-order chi connectivity index (χ1) is 14.1. The van der Waals surface area contributed by atoms with E-state index in [1.54, 1.807) is 0 Å². The highest BCUT2D eigenvalue weighted by molar-refractivity contribution is 5.92. The molecule has 0 heterocycles. The molecule has 0 amide bonds. The summed E-state index contributed by atoms with van der Waals surface area (Å²) in [5, 5.41) is 0. The minimum absolute atomic E-state index is 0. The molecule has 31 heavy (non-hydrogen) atoms. The van der Waals surface area contributed by atoms with Crippen molar-refractivity contribution in [3.63, 3.8) is 0 Å². The summed E-state index contributed by atoms with van der Waals surface area (Å²) < 4.78 is 12.7. The highest BCUT2D eigenvalue weighted by Crippen LogP contribution is 1.92. The molecule has 0 rings (SSSR count). The molecule has 0 saturated carbocycles. The van der Waals surface area contributed by atoms with Crippen molar-refractivity contribution in [3.8, 4) is 0 Å². The fourth-order valence-electron chi connectivity index (χ4n) is 1.23. The molecule has 0 radical (unpaired) electrons. The summed E-state index contributed by atoms with van der Waals surface area (Å²) in [5.41, 5.74) is 0. The Kier molecular flexibility index (Phi) is 28.9. The Labute approximate surface area is 193 Å². The first-order valence-electron chi connectivity index (χ1n) is 9.22. The van der Waals surface area contributed by atoms with Crippen molar-refractivity contribution in [3.05, 3.63) is 38.0 Å². The van der Waals surface area contributed by atoms with Crippen LogP contribution in [0.25, 0.3) is 0 Å². The molecule has 0 aliphatic heterocycles. The average Bonchev–Trinajstić information content (AvgIpc) is 2.69. The van der Waals surface area contributed by atoms with Crippen LogP contribution < -0.4 is 0 Å². The Hall–Kier alpha value is -2.83. The fraction of sp³-hybridized carbons (Fsp3) is 0.429. The number of rotatable bonds is 9. The lowest BCUT2D eigenvalue weighted by molar-refractivity contribution is -0.158. The van der Waals surface area contributed by atoms with Crippen LogP contribution >= 0.6 is 0 Å². The molecule has 0 aromatic carbocycles. The molecule has 0 N–H and O–H groups in total. The second-order valence-corrected chi connectivity index (χ2v) is 5.24. The van der Waals surface area contributed by atoms with E-state index >= 15 is 0 Å². The average molecular weight is 456 g/mol. The third kappa shape index (κ3) is 29.5. The third-order valence-corrected chi connectivity index (χ3v) is 2.51. The smallest absolute Gasteiger partial charge is 0.337 e. The van der Waals surface area contributed by atoms with E-state index in [0.29, 0.717) is 19.3 Å². The maximum absolute atomic E-state index is 10.5. The molecule has 0 fully saturated rings. The van der Waals surface area contributed by atoms with Crippen LogP contribution in [0.4, 0.5) is 0 Å². The van der Waals surface area contributed by atoms with Crippen LogP contribution in [-0.2, 0) is 43.0 Å². The molecular weight excluding hydrogens is 423 g/mol. The van der Waals surface area contributed by atoms with Gasteiger partial charge in [0, 0.05) is 37.5 Å².